The molecule has 0 aliphatic carbocycles. The highest BCUT2D eigenvalue weighted by Crippen LogP contribution is 2.30. The first-order chi connectivity index (χ1) is 10.0. The van der Waals surface area contributed by atoms with Crippen LogP contribution in [0.2, 0.25) is 0 Å². The van der Waals surface area contributed by atoms with Crippen LogP contribution in [0.5, 0.6) is 0 Å². The van der Waals surface area contributed by atoms with E-state index in [4.69, 9.17) is 4.42 Å². The van der Waals surface area contributed by atoms with Crippen molar-refractivity contribution in [3.8, 4) is 10.8 Å². The van der Waals surface area contributed by atoms with E-state index in [1.54, 1.807) is 6.20 Å². The molecule has 3 heterocycles. The lowest BCUT2D eigenvalue weighted by molar-refractivity contribution is 0.103. The Morgan fingerprint density at radius 1 is 1.24 bits per heavy atom. The number of aromatic nitrogens is 2. The largest absolute Gasteiger partial charge is 0.459 e. The number of rotatable bonds is 3. The van der Waals surface area contributed by atoms with Gasteiger partial charge in [0.1, 0.15) is 10.6 Å². The standard InChI is InChI=1S/C14H13N3O2S2/c1-7-4-5-10(19-7)13-16-9(3)11(21-13)12(18)17-14-15-6-8(2)20-14/h4-6H,1-3H3,(H,15,17,18). The first-order valence-corrected chi connectivity index (χ1v) is 7.94. The van der Waals surface area contributed by atoms with E-state index in [1.165, 1.54) is 22.7 Å². The molecule has 0 saturated carbocycles. The Morgan fingerprint density at radius 3 is 2.67 bits per heavy atom. The van der Waals surface area contributed by atoms with Crippen molar-refractivity contribution in [2.75, 3.05) is 5.32 Å². The summed E-state index contributed by atoms with van der Waals surface area (Å²) in [5.41, 5.74) is 0.690. The molecule has 0 aromatic carbocycles. The van der Waals surface area contributed by atoms with Crippen LogP contribution in [0, 0.1) is 20.8 Å². The van der Waals surface area contributed by atoms with Gasteiger partial charge in [0.2, 0.25) is 0 Å². The first-order valence-electron chi connectivity index (χ1n) is 6.31. The molecule has 3 aromatic rings. The third-order valence-electron chi connectivity index (χ3n) is 2.80. The summed E-state index contributed by atoms with van der Waals surface area (Å²) in [5.74, 6) is 1.32. The smallest absolute Gasteiger partial charge is 0.269 e. The lowest BCUT2D eigenvalue weighted by Gasteiger charge is -1.98. The van der Waals surface area contributed by atoms with Crippen molar-refractivity contribution in [1.29, 1.82) is 0 Å². The second kappa shape index (κ2) is 5.42. The van der Waals surface area contributed by atoms with Gasteiger partial charge in [-0.15, -0.1) is 22.7 Å². The molecular weight excluding hydrogens is 306 g/mol. The highest BCUT2D eigenvalue weighted by molar-refractivity contribution is 7.17. The lowest BCUT2D eigenvalue weighted by atomic mass is 10.4. The molecule has 3 aromatic heterocycles. The van der Waals surface area contributed by atoms with Crippen molar-refractivity contribution in [2.24, 2.45) is 0 Å². The third-order valence-corrected chi connectivity index (χ3v) is 4.79. The molecule has 0 radical (unpaired) electrons. The molecule has 0 aliphatic rings. The van der Waals surface area contributed by atoms with Crippen LogP contribution < -0.4 is 5.32 Å². The molecule has 0 atom stereocenters. The third kappa shape index (κ3) is 2.88. The summed E-state index contributed by atoms with van der Waals surface area (Å²) >= 11 is 2.77. The van der Waals surface area contributed by atoms with Crippen molar-refractivity contribution in [2.45, 2.75) is 20.8 Å². The Kier molecular flexibility index (Phi) is 3.60. The number of aryl methyl sites for hydroxylation is 3. The Hall–Kier alpha value is -1.99. The number of hydrogen-bond acceptors (Lipinski definition) is 6. The molecule has 0 bridgehead atoms. The van der Waals surface area contributed by atoms with Crippen LogP contribution in [0.15, 0.2) is 22.7 Å². The fourth-order valence-corrected chi connectivity index (χ4v) is 3.41. The average molecular weight is 319 g/mol. The molecule has 0 spiro atoms. The fourth-order valence-electron chi connectivity index (χ4n) is 1.83. The van der Waals surface area contributed by atoms with Gasteiger partial charge >= 0.3 is 0 Å². The molecule has 0 aliphatic heterocycles. The number of hydrogen-bond donors (Lipinski definition) is 1. The number of carbonyl (C=O) groups excluding carboxylic acids is 1. The van der Waals surface area contributed by atoms with Crippen molar-refractivity contribution in [1.82, 2.24) is 9.97 Å². The van der Waals surface area contributed by atoms with Gasteiger partial charge in [0.15, 0.2) is 15.9 Å². The minimum atomic E-state index is -0.186. The normalized spacial score (nSPS) is 10.8. The quantitative estimate of drug-likeness (QED) is 0.791. The van der Waals surface area contributed by atoms with Crippen molar-refractivity contribution >= 4 is 33.7 Å². The Morgan fingerprint density at radius 2 is 2.05 bits per heavy atom. The number of thiazole rings is 2. The van der Waals surface area contributed by atoms with Gasteiger partial charge in [-0.05, 0) is 32.9 Å². The zero-order valence-electron chi connectivity index (χ0n) is 11.8. The SMILES string of the molecule is Cc1ccc(-c2nc(C)c(C(=O)Nc3ncc(C)s3)s2)o1. The number of furan rings is 1. The monoisotopic (exact) mass is 319 g/mol. The van der Waals surface area contributed by atoms with Crippen LogP contribution in [0.1, 0.15) is 26.0 Å². The maximum atomic E-state index is 12.3. The molecule has 0 saturated heterocycles. The summed E-state index contributed by atoms with van der Waals surface area (Å²) in [6.07, 6.45) is 1.73. The van der Waals surface area contributed by atoms with Gasteiger partial charge in [-0.2, -0.15) is 0 Å². The highest BCUT2D eigenvalue weighted by Gasteiger charge is 2.18. The number of amides is 1. The minimum absolute atomic E-state index is 0.186. The molecular formula is C14H13N3O2S2. The molecule has 3 rings (SSSR count). The Bertz CT molecular complexity index is 801. The number of carbonyl (C=O) groups is 1. The Labute approximate surface area is 129 Å². The maximum Gasteiger partial charge on any atom is 0.269 e. The van der Waals surface area contributed by atoms with Crippen LogP contribution in [-0.4, -0.2) is 15.9 Å². The summed E-state index contributed by atoms with van der Waals surface area (Å²) in [6, 6.07) is 3.74. The van der Waals surface area contributed by atoms with Gasteiger partial charge in [0.05, 0.1) is 5.69 Å². The van der Waals surface area contributed by atoms with Gasteiger partial charge in [-0.1, -0.05) is 0 Å². The molecule has 7 heteroatoms. The van der Waals surface area contributed by atoms with E-state index >= 15 is 0 Å². The summed E-state index contributed by atoms with van der Waals surface area (Å²) in [5, 5.41) is 4.11. The van der Waals surface area contributed by atoms with E-state index in [0.717, 1.165) is 10.6 Å². The minimum Gasteiger partial charge on any atom is -0.459 e. The van der Waals surface area contributed by atoms with Crippen molar-refractivity contribution in [3.63, 3.8) is 0 Å². The van der Waals surface area contributed by atoms with E-state index < -0.39 is 0 Å². The van der Waals surface area contributed by atoms with Crippen LogP contribution in [-0.2, 0) is 0 Å². The van der Waals surface area contributed by atoms with Crippen LogP contribution in [0.25, 0.3) is 10.8 Å². The van der Waals surface area contributed by atoms with E-state index in [1.807, 2.05) is 32.9 Å². The molecule has 1 N–H and O–H groups in total. The first kappa shape index (κ1) is 14.0. The fraction of sp³-hybridized carbons (Fsp3) is 0.214. The van der Waals surface area contributed by atoms with Crippen molar-refractivity contribution < 1.29 is 9.21 Å². The van der Waals surface area contributed by atoms with Gasteiger partial charge in [-0.3, -0.25) is 10.1 Å². The number of nitrogens with one attached hydrogen (secondary N) is 1. The molecule has 0 fully saturated rings. The van der Waals surface area contributed by atoms with Gasteiger partial charge in [-0.25, -0.2) is 9.97 Å². The topological polar surface area (TPSA) is 68.0 Å². The summed E-state index contributed by atoms with van der Waals surface area (Å²) in [6.45, 7) is 5.64. The zero-order valence-corrected chi connectivity index (χ0v) is 13.4. The van der Waals surface area contributed by atoms with Crippen LogP contribution in [0.4, 0.5) is 5.13 Å². The second-order valence-electron chi connectivity index (χ2n) is 4.57. The van der Waals surface area contributed by atoms with Crippen LogP contribution in [0.3, 0.4) is 0 Å². The van der Waals surface area contributed by atoms with E-state index in [2.05, 4.69) is 15.3 Å². The Balaban J connectivity index is 1.85. The van der Waals surface area contributed by atoms with Crippen LogP contribution >= 0.6 is 22.7 Å². The summed E-state index contributed by atoms with van der Waals surface area (Å²) in [4.78, 5) is 22.5. The molecule has 21 heavy (non-hydrogen) atoms. The van der Waals surface area contributed by atoms with E-state index in [0.29, 0.717) is 26.5 Å². The number of nitrogens with zero attached hydrogens (tertiary/aromatic N) is 2. The molecule has 108 valence electrons. The lowest BCUT2D eigenvalue weighted by Crippen LogP contribution is -2.11. The van der Waals surface area contributed by atoms with Gasteiger partial charge in [0.25, 0.3) is 5.91 Å². The highest BCUT2D eigenvalue weighted by atomic mass is 32.1. The molecule has 1 amide bonds. The maximum absolute atomic E-state index is 12.3. The molecule has 5 nitrogen and oxygen atoms in total. The summed E-state index contributed by atoms with van der Waals surface area (Å²) < 4.78 is 5.55. The van der Waals surface area contributed by atoms with E-state index in [-0.39, 0.29) is 5.91 Å². The van der Waals surface area contributed by atoms with Gasteiger partial charge < -0.3 is 4.42 Å². The zero-order chi connectivity index (χ0) is 15.0. The second-order valence-corrected chi connectivity index (χ2v) is 6.81. The predicted molar refractivity (Wildman–Crippen MR) is 84.1 cm³/mol. The average Bonchev–Trinajstić information content (AvgIpc) is 3.11. The molecule has 0 unspecified atom stereocenters. The predicted octanol–water partition coefficient (Wildman–Crippen LogP) is 4.04. The van der Waals surface area contributed by atoms with Crippen molar-refractivity contribution in [3.05, 3.63) is 39.5 Å². The van der Waals surface area contributed by atoms with Gasteiger partial charge in [0, 0.05) is 11.1 Å². The number of anilines is 1. The summed E-state index contributed by atoms with van der Waals surface area (Å²) in [7, 11) is 0. The van der Waals surface area contributed by atoms with E-state index in [9.17, 15) is 4.79 Å².